The average molecular weight is 320 g/mol. The third-order valence-corrected chi connectivity index (χ3v) is 4.96. The van der Waals surface area contributed by atoms with E-state index in [9.17, 15) is 4.79 Å². The summed E-state index contributed by atoms with van der Waals surface area (Å²) in [5, 5.41) is 4.87. The number of carbonyl (C=O) groups excluding carboxylic acids is 1. The summed E-state index contributed by atoms with van der Waals surface area (Å²) in [5.41, 5.74) is 2.08. The highest BCUT2D eigenvalue weighted by Crippen LogP contribution is 2.30. The van der Waals surface area contributed by atoms with Gasteiger partial charge in [0.2, 0.25) is 5.91 Å². The van der Waals surface area contributed by atoms with Crippen LogP contribution in [0.4, 0.5) is 0 Å². The monoisotopic (exact) mass is 320 g/mol. The molecule has 0 aliphatic rings. The van der Waals surface area contributed by atoms with Gasteiger partial charge in [0.25, 0.3) is 0 Å². The number of hydrogen-bond donors (Lipinski definition) is 1. The molecule has 2 aromatic rings. The van der Waals surface area contributed by atoms with E-state index in [4.69, 9.17) is 0 Å². The number of nitrogens with zero attached hydrogens (tertiary/aromatic N) is 1. The molecule has 0 radical (unpaired) electrons. The SMILES string of the molecule is CC(C)CNC(=O)[C@@H](C)Sc1nc(-c2ccccc2)cs1. The van der Waals surface area contributed by atoms with E-state index in [1.54, 1.807) is 11.3 Å². The minimum atomic E-state index is -0.126. The highest BCUT2D eigenvalue weighted by atomic mass is 32.2. The third-order valence-electron chi connectivity index (χ3n) is 2.88. The Labute approximate surface area is 134 Å². The Morgan fingerprint density at radius 3 is 2.67 bits per heavy atom. The lowest BCUT2D eigenvalue weighted by Gasteiger charge is -2.11. The Hall–Kier alpha value is -1.33. The second kappa shape index (κ2) is 7.61. The first-order chi connectivity index (χ1) is 10.1. The maximum atomic E-state index is 12.0. The summed E-state index contributed by atoms with van der Waals surface area (Å²) in [4.78, 5) is 16.6. The molecule has 1 N–H and O–H groups in total. The van der Waals surface area contributed by atoms with Gasteiger partial charge in [0, 0.05) is 17.5 Å². The zero-order chi connectivity index (χ0) is 15.2. The van der Waals surface area contributed by atoms with Crippen LogP contribution in [0.2, 0.25) is 0 Å². The molecular weight excluding hydrogens is 300 g/mol. The molecule has 0 bridgehead atoms. The zero-order valence-corrected chi connectivity index (χ0v) is 14.1. The fraction of sp³-hybridized carbons (Fsp3) is 0.375. The van der Waals surface area contributed by atoms with Gasteiger partial charge in [-0.1, -0.05) is 55.9 Å². The van der Waals surface area contributed by atoms with E-state index >= 15 is 0 Å². The Balaban J connectivity index is 1.95. The lowest BCUT2D eigenvalue weighted by molar-refractivity contribution is -0.120. The van der Waals surface area contributed by atoms with Crippen molar-refractivity contribution in [2.45, 2.75) is 30.4 Å². The van der Waals surface area contributed by atoms with Crippen LogP contribution in [0.15, 0.2) is 40.1 Å². The van der Waals surface area contributed by atoms with Crippen LogP contribution in [0, 0.1) is 5.92 Å². The molecule has 2 rings (SSSR count). The Kier molecular flexibility index (Phi) is 5.82. The van der Waals surface area contributed by atoms with Crippen molar-refractivity contribution < 1.29 is 4.79 Å². The van der Waals surface area contributed by atoms with Gasteiger partial charge in [0.05, 0.1) is 10.9 Å². The number of thiazole rings is 1. The van der Waals surface area contributed by atoms with E-state index in [1.807, 2.05) is 42.6 Å². The van der Waals surface area contributed by atoms with Crippen molar-refractivity contribution >= 4 is 29.0 Å². The molecule has 5 heteroatoms. The maximum Gasteiger partial charge on any atom is 0.233 e. The fourth-order valence-electron chi connectivity index (χ4n) is 1.71. The quantitative estimate of drug-likeness (QED) is 0.816. The molecule has 1 heterocycles. The molecule has 1 atom stereocenters. The molecule has 0 saturated carbocycles. The number of rotatable bonds is 6. The van der Waals surface area contributed by atoms with E-state index in [0.29, 0.717) is 5.92 Å². The first-order valence-corrected chi connectivity index (χ1v) is 8.77. The molecule has 0 aliphatic heterocycles. The minimum absolute atomic E-state index is 0.0742. The number of carbonyl (C=O) groups is 1. The van der Waals surface area contributed by atoms with Crippen molar-refractivity contribution in [3.05, 3.63) is 35.7 Å². The summed E-state index contributed by atoms with van der Waals surface area (Å²) in [6.45, 7) is 6.82. The van der Waals surface area contributed by atoms with Crippen LogP contribution in [0.25, 0.3) is 11.3 Å². The van der Waals surface area contributed by atoms with Crippen molar-refractivity contribution in [1.82, 2.24) is 10.3 Å². The van der Waals surface area contributed by atoms with Gasteiger partial charge in [-0.25, -0.2) is 4.98 Å². The summed E-state index contributed by atoms with van der Waals surface area (Å²) in [6, 6.07) is 10.1. The van der Waals surface area contributed by atoms with E-state index in [2.05, 4.69) is 24.1 Å². The van der Waals surface area contributed by atoms with E-state index in [0.717, 1.165) is 22.1 Å². The Bertz CT molecular complexity index is 581. The van der Waals surface area contributed by atoms with Crippen molar-refractivity contribution in [2.75, 3.05) is 6.54 Å². The number of thioether (sulfide) groups is 1. The second-order valence-electron chi connectivity index (χ2n) is 5.26. The molecule has 1 amide bonds. The van der Waals surface area contributed by atoms with Gasteiger partial charge in [0.15, 0.2) is 4.34 Å². The van der Waals surface area contributed by atoms with Gasteiger partial charge in [-0.05, 0) is 12.8 Å². The fourth-order valence-corrected chi connectivity index (χ4v) is 3.70. The Morgan fingerprint density at radius 2 is 2.00 bits per heavy atom. The highest BCUT2D eigenvalue weighted by molar-refractivity contribution is 8.02. The third kappa shape index (κ3) is 4.86. The number of nitrogens with one attached hydrogen (secondary N) is 1. The predicted molar refractivity (Wildman–Crippen MR) is 90.7 cm³/mol. The molecule has 1 aromatic carbocycles. The molecule has 1 aromatic heterocycles. The summed E-state index contributed by atoms with van der Waals surface area (Å²) in [6.07, 6.45) is 0. The predicted octanol–water partition coefficient (Wildman–Crippen LogP) is 4.06. The molecule has 0 saturated heterocycles. The van der Waals surface area contributed by atoms with Crippen molar-refractivity contribution in [3.63, 3.8) is 0 Å². The number of aromatic nitrogens is 1. The highest BCUT2D eigenvalue weighted by Gasteiger charge is 2.16. The van der Waals surface area contributed by atoms with Crippen LogP contribution >= 0.6 is 23.1 Å². The zero-order valence-electron chi connectivity index (χ0n) is 12.5. The lowest BCUT2D eigenvalue weighted by Crippen LogP contribution is -2.33. The van der Waals surface area contributed by atoms with Crippen LogP contribution in [-0.2, 0) is 4.79 Å². The number of benzene rings is 1. The molecule has 0 spiro atoms. The smallest absolute Gasteiger partial charge is 0.233 e. The number of hydrogen-bond acceptors (Lipinski definition) is 4. The van der Waals surface area contributed by atoms with Gasteiger partial charge < -0.3 is 5.32 Å². The molecule has 112 valence electrons. The molecule has 0 fully saturated rings. The summed E-state index contributed by atoms with van der Waals surface area (Å²) < 4.78 is 0.932. The van der Waals surface area contributed by atoms with Crippen molar-refractivity contribution in [3.8, 4) is 11.3 Å². The Morgan fingerprint density at radius 1 is 1.29 bits per heavy atom. The van der Waals surface area contributed by atoms with Gasteiger partial charge in [-0.15, -0.1) is 11.3 Å². The van der Waals surface area contributed by atoms with Crippen LogP contribution in [0.3, 0.4) is 0 Å². The van der Waals surface area contributed by atoms with Gasteiger partial charge in [-0.3, -0.25) is 4.79 Å². The molecular formula is C16H20N2OS2. The largest absolute Gasteiger partial charge is 0.355 e. The van der Waals surface area contributed by atoms with Crippen molar-refractivity contribution in [2.24, 2.45) is 5.92 Å². The maximum absolute atomic E-state index is 12.0. The van der Waals surface area contributed by atoms with E-state index in [1.165, 1.54) is 11.8 Å². The molecule has 21 heavy (non-hydrogen) atoms. The van der Waals surface area contributed by atoms with Crippen LogP contribution in [0.1, 0.15) is 20.8 Å². The van der Waals surface area contributed by atoms with Gasteiger partial charge in [-0.2, -0.15) is 0 Å². The van der Waals surface area contributed by atoms with Gasteiger partial charge in [0.1, 0.15) is 0 Å². The first-order valence-electron chi connectivity index (χ1n) is 7.01. The molecule has 0 aliphatic carbocycles. The van der Waals surface area contributed by atoms with Gasteiger partial charge >= 0.3 is 0 Å². The lowest BCUT2D eigenvalue weighted by atomic mass is 10.2. The standard InChI is InChI=1S/C16H20N2OS2/c1-11(2)9-17-15(19)12(3)21-16-18-14(10-20-16)13-7-5-4-6-8-13/h4-8,10-12H,9H2,1-3H3,(H,17,19)/t12-/m1/s1. The van der Waals surface area contributed by atoms with Crippen LogP contribution < -0.4 is 5.32 Å². The average Bonchev–Trinajstić information content (AvgIpc) is 2.94. The summed E-state index contributed by atoms with van der Waals surface area (Å²) >= 11 is 3.10. The summed E-state index contributed by atoms with van der Waals surface area (Å²) in [5.74, 6) is 0.542. The van der Waals surface area contributed by atoms with E-state index < -0.39 is 0 Å². The molecule has 3 nitrogen and oxygen atoms in total. The topological polar surface area (TPSA) is 42.0 Å². The number of amides is 1. The van der Waals surface area contributed by atoms with E-state index in [-0.39, 0.29) is 11.2 Å². The summed E-state index contributed by atoms with van der Waals surface area (Å²) in [7, 11) is 0. The first kappa shape index (κ1) is 16.0. The second-order valence-corrected chi connectivity index (χ2v) is 7.71. The van der Waals surface area contributed by atoms with Crippen LogP contribution in [-0.4, -0.2) is 22.7 Å². The molecule has 0 unspecified atom stereocenters. The van der Waals surface area contributed by atoms with Crippen LogP contribution in [0.5, 0.6) is 0 Å². The van der Waals surface area contributed by atoms with Crippen molar-refractivity contribution in [1.29, 1.82) is 0 Å². The normalized spacial score (nSPS) is 12.4. The minimum Gasteiger partial charge on any atom is -0.355 e.